The maximum absolute atomic E-state index is 10.5. The summed E-state index contributed by atoms with van der Waals surface area (Å²) in [5.74, 6) is 5.40. The summed E-state index contributed by atoms with van der Waals surface area (Å²) in [5.41, 5.74) is 1.81. The number of rotatable bonds is 3. The average Bonchev–Trinajstić information content (AvgIpc) is 2.19. The Bertz CT molecular complexity index is 263. The number of ether oxygens (including phenoxy) is 2. The molecular formula is C8H10N2O3. The molecular weight excluding hydrogens is 172 g/mol. The number of nitrogens with two attached hydrogens (primary N) is 1. The number of hydrogen-bond acceptors (Lipinski definition) is 4. The predicted octanol–water partition coefficient (Wildman–Crippen LogP) is 0.623. The van der Waals surface area contributed by atoms with E-state index in [1.165, 1.54) is 0 Å². The summed E-state index contributed by atoms with van der Waals surface area (Å²) in [5, 5.41) is 0. The maximum atomic E-state index is 10.5. The van der Waals surface area contributed by atoms with Gasteiger partial charge >= 0.3 is 6.09 Å². The highest BCUT2D eigenvalue weighted by molar-refractivity contribution is 5.66. The van der Waals surface area contributed by atoms with E-state index in [-0.39, 0.29) is 6.79 Å². The average molecular weight is 182 g/mol. The number of nitrogens with one attached hydrogen (secondary N) is 1. The molecule has 0 bridgehead atoms. The number of benzene rings is 1. The van der Waals surface area contributed by atoms with Gasteiger partial charge in [0.25, 0.3) is 0 Å². The largest absolute Gasteiger partial charge is 0.457 e. The molecule has 13 heavy (non-hydrogen) atoms. The zero-order valence-electron chi connectivity index (χ0n) is 6.90. The van der Waals surface area contributed by atoms with E-state index in [1.807, 2.05) is 23.6 Å². The van der Waals surface area contributed by atoms with Gasteiger partial charge in [0.1, 0.15) is 5.75 Å². The lowest BCUT2D eigenvalue weighted by atomic mass is 10.3. The van der Waals surface area contributed by atoms with E-state index < -0.39 is 6.09 Å². The first kappa shape index (κ1) is 9.34. The van der Waals surface area contributed by atoms with Gasteiger partial charge in [-0.1, -0.05) is 18.2 Å². The molecule has 1 rings (SSSR count). The molecule has 0 aliphatic heterocycles. The highest BCUT2D eigenvalue weighted by Crippen LogP contribution is 2.07. The van der Waals surface area contributed by atoms with Crippen molar-refractivity contribution in [2.45, 2.75) is 0 Å². The third-order valence-corrected chi connectivity index (χ3v) is 1.28. The minimum atomic E-state index is -0.726. The number of carbonyl (C=O) groups is 1. The molecule has 0 radical (unpaired) electrons. The predicted molar refractivity (Wildman–Crippen MR) is 45.7 cm³/mol. The van der Waals surface area contributed by atoms with E-state index in [2.05, 4.69) is 4.74 Å². The van der Waals surface area contributed by atoms with Gasteiger partial charge in [-0.2, -0.15) is 0 Å². The number of hydrazine groups is 1. The molecule has 0 fully saturated rings. The quantitative estimate of drug-likeness (QED) is 0.311. The van der Waals surface area contributed by atoms with Crippen LogP contribution in [0.1, 0.15) is 0 Å². The molecule has 1 aromatic carbocycles. The number of amides is 1. The van der Waals surface area contributed by atoms with Crippen LogP contribution in [0.25, 0.3) is 0 Å². The van der Waals surface area contributed by atoms with Crippen molar-refractivity contribution in [1.29, 1.82) is 0 Å². The summed E-state index contributed by atoms with van der Waals surface area (Å²) in [6.07, 6.45) is -0.726. The fraction of sp³-hybridized carbons (Fsp3) is 0.125. The van der Waals surface area contributed by atoms with E-state index in [4.69, 9.17) is 10.6 Å². The number of para-hydroxylation sites is 1. The summed E-state index contributed by atoms with van der Waals surface area (Å²) >= 11 is 0. The van der Waals surface area contributed by atoms with Gasteiger partial charge in [-0.25, -0.2) is 10.6 Å². The fourth-order valence-electron chi connectivity index (χ4n) is 0.709. The van der Waals surface area contributed by atoms with E-state index >= 15 is 0 Å². The van der Waals surface area contributed by atoms with Crippen LogP contribution in [0.4, 0.5) is 4.79 Å². The van der Waals surface area contributed by atoms with Crippen LogP contribution in [0.15, 0.2) is 30.3 Å². The van der Waals surface area contributed by atoms with Crippen LogP contribution in [0.2, 0.25) is 0 Å². The second-order valence-corrected chi connectivity index (χ2v) is 2.15. The molecule has 1 amide bonds. The molecule has 0 aromatic heterocycles. The Hall–Kier alpha value is -1.75. The van der Waals surface area contributed by atoms with Gasteiger partial charge in [-0.15, -0.1) is 0 Å². The monoisotopic (exact) mass is 182 g/mol. The van der Waals surface area contributed by atoms with E-state index in [9.17, 15) is 4.79 Å². The van der Waals surface area contributed by atoms with Crippen molar-refractivity contribution in [3.8, 4) is 5.75 Å². The molecule has 0 saturated heterocycles. The third kappa shape index (κ3) is 3.44. The smallest absolute Gasteiger partial charge is 0.424 e. The first-order chi connectivity index (χ1) is 6.33. The molecule has 3 N–H and O–H groups in total. The van der Waals surface area contributed by atoms with Gasteiger partial charge in [0.05, 0.1) is 0 Å². The van der Waals surface area contributed by atoms with Gasteiger partial charge in [-0.05, 0) is 12.1 Å². The Labute approximate surface area is 75.4 Å². The highest BCUT2D eigenvalue weighted by Gasteiger charge is 1.97. The minimum absolute atomic E-state index is 0.160. The van der Waals surface area contributed by atoms with Gasteiger partial charge in [-0.3, -0.25) is 5.43 Å². The Morgan fingerprint density at radius 3 is 2.69 bits per heavy atom. The Balaban J connectivity index is 2.24. The van der Waals surface area contributed by atoms with Crippen LogP contribution < -0.4 is 16.0 Å². The Morgan fingerprint density at radius 1 is 1.38 bits per heavy atom. The standard InChI is InChI=1S/C8H10N2O3/c9-10-8(11)13-6-12-7-4-2-1-3-5-7/h1-5H,6,9H2,(H,10,11). The summed E-state index contributed by atoms with van der Waals surface area (Å²) < 4.78 is 9.54. The molecule has 0 unspecified atom stereocenters. The maximum Gasteiger partial charge on any atom is 0.424 e. The molecule has 1 aromatic rings. The van der Waals surface area contributed by atoms with Crippen molar-refractivity contribution >= 4 is 6.09 Å². The SMILES string of the molecule is NNC(=O)OCOc1ccccc1. The Kier molecular flexibility index (Phi) is 3.59. The lowest BCUT2D eigenvalue weighted by molar-refractivity contribution is 0.0596. The molecule has 0 aliphatic carbocycles. The molecule has 70 valence electrons. The van der Waals surface area contributed by atoms with Crippen molar-refractivity contribution in [3.05, 3.63) is 30.3 Å². The summed E-state index contributed by atoms with van der Waals surface area (Å²) in [7, 11) is 0. The van der Waals surface area contributed by atoms with Gasteiger partial charge in [0.15, 0.2) is 0 Å². The van der Waals surface area contributed by atoms with Crippen molar-refractivity contribution in [1.82, 2.24) is 5.43 Å². The van der Waals surface area contributed by atoms with Crippen LogP contribution >= 0.6 is 0 Å². The van der Waals surface area contributed by atoms with Crippen LogP contribution in [0.3, 0.4) is 0 Å². The van der Waals surface area contributed by atoms with Crippen molar-refractivity contribution < 1.29 is 14.3 Å². The van der Waals surface area contributed by atoms with Crippen molar-refractivity contribution in [3.63, 3.8) is 0 Å². The van der Waals surface area contributed by atoms with Crippen LogP contribution in [0, 0.1) is 0 Å². The molecule has 0 atom stereocenters. The molecule has 0 spiro atoms. The number of hydrogen-bond donors (Lipinski definition) is 2. The fourth-order valence-corrected chi connectivity index (χ4v) is 0.709. The van der Waals surface area contributed by atoms with Gasteiger partial charge < -0.3 is 9.47 Å². The van der Waals surface area contributed by atoms with Gasteiger partial charge in [0.2, 0.25) is 6.79 Å². The Morgan fingerprint density at radius 2 is 2.08 bits per heavy atom. The molecule has 0 heterocycles. The second-order valence-electron chi connectivity index (χ2n) is 2.15. The third-order valence-electron chi connectivity index (χ3n) is 1.28. The molecule has 0 aliphatic rings. The first-order valence-electron chi connectivity index (χ1n) is 3.64. The summed E-state index contributed by atoms with van der Waals surface area (Å²) in [6, 6.07) is 9.00. The molecule has 5 nitrogen and oxygen atoms in total. The normalized spacial score (nSPS) is 9.00. The zero-order chi connectivity index (χ0) is 9.52. The van der Waals surface area contributed by atoms with E-state index in [0.29, 0.717) is 5.75 Å². The summed E-state index contributed by atoms with van der Waals surface area (Å²) in [4.78, 5) is 10.5. The van der Waals surface area contributed by atoms with Crippen LogP contribution in [0.5, 0.6) is 5.75 Å². The highest BCUT2D eigenvalue weighted by atomic mass is 16.7. The zero-order valence-corrected chi connectivity index (χ0v) is 6.90. The molecule has 0 saturated carbocycles. The molecule has 5 heteroatoms. The van der Waals surface area contributed by atoms with E-state index in [0.717, 1.165) is 0 Å². The topological polar surface area (TPSA) is 73.6 Å². The first-order valence-corrected chi connectivity index (χ1v) is 3.64. The number of carbonyl (C=O) groups excluding carboxylic acids is 1. The van der Waals surface area contributed by atoms with Crippen molar-refractivity contribution in [2.75, 3.05) is 6.79 Å². The summed E-state index contributed by atoms with van der Waals surface area (Å²) in [6.45, 7) is -0.160. The minimum Gasteiger partial charge on any atom is -0.457 e. The second kappa shape index (κ2) is 5.00. The van der Waals surface area contributed by atoms with Crippen molar-refractivity contribution in [2.24, 2.45) is 5.84 Å². The van der Waals surface area contributed by atoms with Gasteiger partial charge in [0, 0.05) is 0 Å². The lowest BCUT2D eigenvalue weighted by Crippen LogP contribution is -2.31. The van der Waals surface area contributed by atoms with Crippen LogP contribution in [-0.2, 0) is 4.74 Å². The van der Waals surface area contributed by atoms with E-state index in [1.54, 1.807) is 12.1 Å². The van der Waals surface area contributed by atoms with Crippen LogP contribution in [-0.4, -0.2) is 12.9 Å². The lowest BCUT2D eigenvalue weighted by Gasteiger charge is -2.05.